The topological polar surface area (TPSA) is 148 Å². The Kier molecular flexibility index (Phi) is 8.27. The second kappa shape index (κ2) is 9.47. The van der Waals surface area contributed by atoms with Gasteiger partial charge in [0, 0.05) is 32.3 Å². The number of nitrogens with two attached hydrogens (primary N) is 2. The van der Waals surface area contributed by atoms with Gasteiger partial charge in [0.05, 0.1) is 16.9 Å². The Hall–Kier alpha value is -1.22. The predicted octanol–water partition coefficient (Wildman–Crippen LogP) is -0.173. The lowest BCUT2D eigenvalue weighted by atomic mass is 9.75. The number of rotatable bonds is 10. The van der Waals surface area contributed by atoms with Crippen molar-refractivity contribution in [3.63, 3.8) is 0 Å². The van der Waals surface area contributed by atoms with Gasteiger partial charge in [0.15, 0.2) is 0 Å². The summed E-state index contributed by atoms with van der Waals surface area (Å²) in [5.41, 5.74) is 10.4. The number of carbonyl (C=O) groups excluding carboxylic acids is 1. The van der Waals surface area contributed by atoms with E-state index in [1.165, 1.54) is 0 Å². The molecular formula is C17H33N3O5. The first-order valence-corrected chi connectivity index (χ1v) is 8.86. The molecule has 7 N–H and O–H groups in total. The molecule has 1 heterocycles. The second-order valence-electron chi connectivity index (χ2n) is 7.65. The number of aliphatic carboxylic acids is 1. The van der Waals surface area contributed by atoms with Crippen LogP contribution in [0.4, 0.5) is 0 Å². The van der Waals surface area contributed by atoms with Crippen LogP contribution >= 0.6 is 0 Å². The molecular weight excluding hydrogens is 326 g/mol. The highest BCUT2D eigenvalue weighted by Gasteiger charge is 2.43. The Balaban J connectivity index is 2.65. The maximum atomic E-state index is 12.5. The fourth-order valence-electron chi connectivity index (χ4n) is 3.29. The van der Waals surface area contributed by atoms with Gasteiger partial charge < -0.3 is 31.7 Å². The van der Waals surface area contributed by atoms with E-state index in [1.54, 1.807) is 13.8 Å². The van der Waals surface area contributed by atoms with Crippen LogP contribution in [0.5, 0.6) is 0 Å². The third-order valence-electron chi connectivity index (χ3n) is 4.96. The average molecular weight is 359 g/mol. The van der Waals surface area contributed by atoms with Gasteiger partial charge >= 0.3 is 5.97 Å². The highest BCUT2D eigenvalue weighted by molar-refractivity contribution is 5.83. The van der Waals surface area contributed by atoms with E-state index in [1.807, 2.05) is 0 Å². The first kappa shape index (κ1) is 21.8. The monoisotopic (exact) mass is 359 g/mol. The van der Waals surface area contributed by atoms with Gasteiger partial charge in [0.1, 0.15) is 0 Å². The van der Waals surface area contributed by atoms with Crippen LogP contribution in [0.2, 0.25) is 0 Å². The van der Waals surface area contributed by atoms with Gasteiger partial charge in [-0.15, -0.1) is 0 Å². The van der Waals surface area contributed by atoms with Crippen molar-refractivity contribution >= 4 is 11.9 Å². The normalized spacial score (nSPS) is 25.4. The summed E-state index contributed by atoms with van der Waals surface area (Å²) in [6.45, 7) is 4.37. The lowest BCUT2D eigenvalue weighted by molar-refractivity contribution is -0.147. The lowest BCUT2D eigenvalue weighted by Crippen LogP contribution is -2.52. The van der Waals surface area contributed by atoms with Crippen LogP contribution in [0.25, 0.3) is 0 Å². The van der Waals surface area contributed by atoms with Crippen LogP contribution in [0.15, 0.2) is 0 Å². The first-order valence-electron chi connectivity index (χ1n) is 8.86. The Morgan fingerprint density at radius 3 is 2.68 bits per heavy atom. The summed E-state index contributed by atoms with van der Waals surface area (Å²) >= 11 is 0. The minimum atomic E-state index is -0.902. The second-order valence-corrected chi connectivity index (χ2v) is 7.65. The SMILES string of the molecule is CC(C)(CC(N)CC1CC(CN)(C(=O)NCCCO)CCO1)C(=O)O. The number of hydrogen-bond donors (Lipinski definition) is 5. The summed E-state index contributed by atoms with van der Waals surface area (Å²) in [6, 6.07) is -0.331. The summed E-state index contributed by atoms with van der Waals surface area (Å²) in [5.74, 6) is -0.997. The largest absolute Gasteiger partial charge is 0.481 e. The number of carbonyl (C=O) groups is 2. The van der Waals surface area contributed by atoms with Crippen molar-refractivity contribution in [3.8, 4) is 0 Å². The molecule has 25 heavy (non-hydrogen) atoms. The van der Waals surface area contributed by atoms with E-state index in [-0.39, 0.29) is 31.2 Å². The molecule has 3 atom stereocenters. The molecule has 0 aromatic carbocycles. The first-order chi connectivity index (χ1) is 11.7. The quantitative estimate of drug-likeness (QED) is 0.340. The third kappa shape index (κ3) is 6.22. The standard InChI is InChI=1S/C17H33N3O5/c1-16(2,15(23)24)9-12(19)8-13-10-17(11-18,4-7-25-13)14(22)20-5-3-6-21/h12-13,21H,3-11,18-19H2,1-2H3,(H,20,22)(H,23,24). The third-order valence-corrected chi connectivity index (χ3v) is 4.96. The Bertz CT molecular complexity index is 458. The molecule has 1 fully saturated rings. The van der Waals surface area contributed by atoms with Crippen LogP contribution < -0.4 is 16.8 Å². The molecule has 0 spiro atoms. The number of hydrogen-bond acceptors (Lipinski definition) is 6. The van der Waals surface area contributed by atoms with E-state index >= 15 is 0 Å². The number of carboxylic acids is 1. The van der Waals surface area contributed by atoms with Crippen LogP contribution in [-0.2, 0) is 14.3 Å². The molecule has 1 amide bonds. The molecule has 0 aromatic heterocycles. The van der Waals surface area contributed by atoms with E-state index in [4.69, 9.17) is 21.3 Å². The van der Waals surface area contributed by atoms with E-state index in [2.05, 4.69) is 5.32 Å². The minimum Gasteiger partial charge on any atom is -0.481 e. The van der Waals surface area contributed by atoms with Gasteiger partial charge in [0.2, 0.25) is 5.91 Å². The van der Waals surface area contributed by atoms with Crippen molar-refractivity contribution in [1.29, 1.82) is 0 Å². The van der Waals surface area contributed by atoms with Gasteiger partial charge in [-0.25, -0.2) is 0 Å². The smallest absolute Gasteiger partial charge is 0.309 e. The Morgan fingerprint density at radius 2 is 2.12 bits per heavy atom. The van der Waals surface area contributed by atoms with E-state index in [9.17, 15) is 14.7 Å². The number of amides is 1. The van der Waals surface area contributed by atoms with Gasteiger partial charge in [-0.05, 0) is 46.0 Å². The molecule has 146 valence electrons. The van der Waals surface area contributed by atoms with Crippen molar-refractivity contribution in [2.24, 2.45) is 22.3 Å². The summed E-state index contributed by atoms with van der Waals surface area (Å²) in [4.78, 5) is 23.8. The zero-order chi connectivity index (χ0) is 19.1. The molecule has 3 unspecified atom stereocenters. The molecule has 0 saturated carbocycles. The maximum Gasteiger partial charge on any atom is 0.309 e. The molecule has 1 aliphatic heterocycles. The van der Waals surface area contributed by atoms with E-state index in [0.29, 0.717) is 45.3 Å². The average Bonchev–Trinajstić information content (AvgIpc) is 2.54. The lowest BCUT2D eigenvalue weighted by Gasteiger charge is -2.40. The number of aliphatic hydroxyl groups excluding tert-OH is 1. The van der Waals surface area contributed by atoms with Crippen LogP contribution in [0.1, 0.15) is 46.0 Å². The number of aliphatic hydroxyl groups is 1. The zero-order valence-electron chi connectivity index (χ0n) is 15.3. The molecule has 0 radical (unpaired) electrons. The Labute approximate surface area is 149 Å². The number of nitrogens with one attached hydrogen (secondary N) is 1. The summed E-state index contributed by atoms with van der Waals surface area (Å²) < 4.78 is 5.75. The van der Waals surface area contributed by atoms with E-state index in [0.717, 1.165) is 0 Å². The highest BCUT2D eigenvalue weighted by atomic mass is 16.5. The zero-order valence-corrected chi connectivity index (χ0v) is 15.3. The summed E-state index contributed by atoms with van der Waals surface area (Å²) in [6.07, 6.45) is 2.11. The van der Waals surface area contributed by atoms with Gasteiger partial charge in [0.25, 0.3) is 0 Å². The van der Waals surface area contributed by atoms with E-state index < -0.39 is 16.8 Å². The predicted molar refractivity (Wildman–Crippen MR) is 93.8 cm³/mol. The fourth-order valence-corrected chi connectivity index (χ4v) is 3.29. The minimum absolute atomic E-state index is 0.0237. The molecule has 1 aliphatic rings. The highest BCUT2D eigenvalue weighted by Crippen LogP contribution is 2.35. The van der Waals surface area contributed by atoms with Crippen molar-refractivity contribution < 1.29 is 24.5 Å². The maximum absolute atomic E-state index is 12.5. The van der Waals surface area contributed by atoms with Crippen molar-refractivity contribution in [2.75, 3.05) is 26.3 Å². The van der Waals surface area contributed by atoms with Crippen molar-refractivity contribution in [2.45, 2.75) is 58.1 Å². The number of carboxylic acid groups (broad SMARTS) is 1. The van der Waals surface area contributed by atoms with Crippen LogP contribution in [0, 0.1) is 10.8 Å². The molecule has 8 heteroatoms. The van der Waals surface area contributed by atoms with Crippen molar-refractivity contribution in [1.82, 2.24) is 5.32 Å². The van der Waals surface area contributed by atoms with Gasteiger partial charge in [-0.3, -0.25) is 9.59 Å². The summed E-state index contributed by atoms with van der Waals surface area (Å²) in [7, 11) is 0. The van der Waals surface area contributed by atoms with Gasteiger partial charge in [-0.2, -0.15) is 0 Å². The Morgan fingerprint density at radius 1 is 1.44 bits per heavy atom. The van der Waals surface area contributed by atoms with Crippen LogP contribution in [0.3, 0.4) is 0 Å². The fraction of sp³-hybridized carbons (Fsp3) is 0.882. The van der Waals surface area contributed by atoms with Crippen molar-refractivity contribution in [3.05, 3.63) is 0 Å². The molecule has 1 saturated heterocycles. The molecule has 0 aromatic rings. The van der Waals surface area contributed by atoms with Crippen LogP contribution in [-0.4, -0.2) is 60.5 Å². The summed E-state index contributed by atoms with van der Waals surface area (Å²) in [5, 5.41) is 20.9. The van der Waals surface area contributed by atoms with Gasteiger partial charge in [-0.1, -0.05) is 0 Å². The molecule has 8 nitrogen and oxygen atoms in total. The number of ether oxygens (including phenoxy) is 1. The molecule has 0 bridgehead atoms. The molecule has 1 rings (SSSR count). The molecule has 0 aliphatic carbocycles.